The second kappa shape index (κ2) is 3.65. The van der Waals surface area contributed by atoms with Gasteiger partial charge in [-0.25, -0.2) is 0 Å². The van der Waals surface area contributed by atoms with Crippen molar-refractivity contribution in [1.29, 1.82) is 0 Å². The Hall–Kier alpha value is -1.24. The predicted molar refractivity (Wildman–Crippen MR) is 59.1 cm³/mol. The lowest BCUT2D eigenvalue weighted by Crippen LogP contribution is -1.76. The highest BCUT2D eigenvalue weighted by molar-refractivity contribution is 5.83. The summed E-state index contributed by atoms with van der Waals surface area (Å²) in [5.74, 6) is 0. The number of rotatable bonds is 1. The molecule has 1 nitrogen and oxygen atoms in total. The van der Waals surface area contributed by atoms with Gasteiger partial charge in [0.1, 0.15) is 0 Å². The van der Waals surface area contributed by atoms with Crippen LogP contribution in [0, 0.1) is 6.92 Å². The number of benzene rings is 1. The van der Waals surface area contributed by atoms with Crippen molar-refractivity contribution in [1.82, 2.24) is 4.98 Å². The van der Waals surface area contributed by atoms with E-state index >= 15 is 0 Å². The van der Waals surface area contributed by atoms with Gasteiger partial charge in [-0.15, -0.1) is 0 Å². The minimum absolute atomic E-state index is 0. The van der Waals surface area contributed by atoms with E-state index < -0.39 is 0 Å². The highest BCUT2D eigenvalue weighted by Gasteiger charge is 2.00. The van der Waals surface area contributed by atoms with E-state index in [1.807, 2.05) is 0 Å². The van der Waals surface area contributed by atoms with Crippen molar-refractivity contribution in [2.24, 2.45) is 0 Å². The topological polar surface area (TPSA) is 15.8 Å². The molecule has 0 unspecified atom stereocenters. The van der Waals surface area contributed by atoms with E-state index in [1.165, 1.54) is 22.0 Å². The molecule has 1 heteroatoms. The second-order valence-corrected chi connectivity index (χ2v) is 3.22. The molecule has 0 fully saturated rings. The third kappa shape index (κ3) is 1.59. The predicted octanol–water partition coefficient (Wildman–Crippen LogP) is 3.67. The van der Waals surface area contributed by atoms with Gasteiger partial charge in [-0.3, -0.25) is 0 Å². The molecule has 2 aromatic rings. The molecule has 0 aliphatic rings. The van der Waals surface area contributed by atoms with Gasteiger partial charge in [-0.1, -0.05) is 26.0 Å². The largest absolute Gasteiger partial charge is 0.361 e. The first kappa shape index (κ1) is 9.85. The summed E-state index contributed by atoms with van der Waals surface area (Å²) in [5, 5.41) is 1.37. The highest BCUT2D eigenvalue weighted by Crippen LogP contribution is 2.19. The van der Waals surface area contributed by atoms with Crippen molar-refractivity contribution in [3.05, 3.63) is 35.5 Å². The summed E-state index contributed by atoms with van der Waals surface area (Å²) in [7, 11) is 0. The van der Waals surface area contributed by atoms with Crippen molar-refractivity contribution >= 4 is 10.9 Å². The number of hydrogen-bond donors (Lipinski definition) is 1. The van der Waals surface area contributed by atoms with Gasteiger partial charge in [0.15, 0.2) is 0 Å². The molecule has 0 aliphatic heterocycles. The van der Waals surface area contributed by atoms with Crippen LogP contribution in [0.1, 0.15) is 25.5 Å². The molecule has 0 saturated heterocycles. The molecule has 0 radical (unpaired) electrons. The summed E-state index contributed by atoms with van der Waals surface area (Å²) in [6.07, 6.45) is 3.20. The first-order valence-electron chi connectivity index (χ1n) is 4.38. The summed E-state index contributed by atoms with van der Waals surface area (Å²) < 4.78 is 0. The molecule has 1 aromatic carbocycles. The Morgan fingerprint density at radius 3 is 2.77 bits per heavy atom. The molecule has 0 spiro atoms. The standard InChI is InChI=1S/C11H13N.CH4/c1-3-9-7-12-11-5-4-8(2)6-10(9)11;/h4-7,12H,3H2,1-2H3;1H4. The Morgan fingerprint density at radius 1 is 1.31 bits per heavy atom. The van der Waals surface area contributed by atoms with Crippen LogP contribution in [0.2, 0.25) is 0 Å². The Balaban J connectivity index is 0.000000845. The third-order valence-electron chi connectivity index (χ3n) is 2.30. The van der Waals surface area contributed by atoms with E-state index in [1.54, 1.807) is 0 Å². The molecule has 0 aliphatic carbocycles. The smallest absolute Gasteiger partial charge is 0.0456 e. The number of nitrogens with one attached hydrogen (secondary N) is 1. The molecular weight excluding hydrogens is 158 g/mol. The Kier molecular flexibility index (Phi) is 2.76. The van der Waals surface area contributed by atoms with Gasteiger partial charge in [0, 0.05) is 17.1 Å². The van der Waals surface area contributed by atoms with Gasteiger partial charge in [0.2, 0.25) is 0 Å². The fraction of sp³-hybridized carbons (Fsp3) is 0.333. The number of aromatic nitrogens is 1. The van der Waals surface area contributed by atoms with Crippen LogP contribution in [-0.4, -0.2) is 4.98 Å². The maximum absolute atomic E-state index is 3.27. The lowest BCUT2D eigenvalue weighted by Gasteiger charge is -1.95. The Bertz CT molecular complexity index is 398. The summed E-state index contributed by atoms with van der Waals surface area (Å²) >= 11 is 0. The van der Waals surface area contributed by atoms with Gasteiger partial charge >= 0.3 is 0 Å². The van der Waals surface area contributed by atoms with E-state index in [2.05, 4.69) is 43.2 Å². The van der Waals surface area contributed by atoms with Gasteiger partial charge in [-0.2, -0.15) is 0 Å². The van der Waals surface area contributed by atoms with Crippen molar-refractivity contribution in [2.75, 3.05) is 0 Å². The fourth-order valence-electron chi connectivity index (χ4n) is 1.58. The average Bonchev–Trinajstić information content (AvgIpc) is 2.46. The highest BCUT2D eigenvalue weighted by atomic mass is 14.7. The van der Waals surface area contributed by atoms with E-state index in [-0.39, 0.29) is 7.43 Å². The number of aryl methyl sites for hydroxylation is 2. The zero-order valence-corrected chi connectivity index (χ0v) is 7.52. The van der Waals surface area contributed by atoms with Crippen molar-refractivity contribution in [3.8, 4) is 0 Å². The first-order chi connectivity index (χ1) is 5.81. The lowest BCUT2D eigenvalue weighted by atomic mass is 10.1. The number of aromatic amines is 1. The van der Waals surface area contributed by atoms with E-state index in [0.717, 1.165) is 6.42 Å². The molecule has 0 atom stereocenters. The number of H-pyrrole nitrogens is 1. The van der Waals surface area contributed by atoms with Gasteiger partial charge in [0.05, 0.1) is 0 Å². The molecule has 13 heavy (non-hydrogen) atoms. The van der Waals surface area contributed by atoms with Crippen LogP contribution in [-0.2, 0) is 6.42 Å². The van der Waals surface area contributed by atoms with Gasteiger partial charge in [-0.05, 0) is 31.0 Å². The number of fused-ring (bicyclic) bond motifs is 1. The summed E-state index contributed by atoms with van der Waals surface area (Å²) in [6.45, 7) is 4.32. The van der Waals surface area contributed by atoms with Crippen LogP contribution in [0.25, 0.3) is 10.9 Å². The Labute approximate surface area is 79.8 Å². The summed E-state index contributed by atoms with van der Waals surface area (Å²) in [6, 6.07) is 6.52. The molecular formula is C12H17N. The number of hydrogen-bond acceptors (Lipinski definition) is 0. The van der Waals surface area contributed by atoms with Crippen molar-refractivity contribution in [2.45, 2.75) is 27.7 Å². The van der Waals surface area contributed by atoms with E-state index in [4.69, 9.17) is 0 Å². The maximum Gasteiger partial charge on any atom is 0.0456 e. The minimum atomic E-state index is 0. The Morgan fingerprint density at radius 2 is 2.08 bits per heavy atom. The van der Waals surface area contributed by atoms with Crippen molar-refractivity contribution in [3.63, 3.8) is 0 Å². The van der Waals surface area contributed by atoms with Crippen LogP contribution < -0.4 is 0 Å². The zero-order chi connectivity index (χ0) is 8.55. The molecule has 0 amide bonds. The minimum Gasteiger partial charge on any atom is -0.361 e. The lowest BCUT2D eigenvalue weighted by molar-refractivity contribution is 1.15. The average molecular weight is 175 g/mol. The monoisotopic (exact) mass is 175 g/mol. The van der Waals surface area contributed by atoms with Gasteiger partial charge in [0.25, 0.3) is 0 Å². The first-order valence-corrected chi connectivity index (χ1v) is 4.38. The second-order valence-electron chi connectivity index (χ2n) is 3.22. The van der Waals surface area contributed by atoms with Crippen LogP contribution in [0.4, 0.5) is 0 Å². The molecule has 70 valence electrons. The molecule has 1 aromatic heterocycles. The van der Waals surface area contributed by atoms with Crippen LogP contribution >= 0.6 is 0 Å². The third-order valence-corrected chi connectivity index (χ3v) is 2.30. The van der Waals surface area contributed by atoms with Crippen LogP contribution in [0.15, 0.2) is 24.4 Å². The molecule has 0 bridgehead atoms. The summed E-state index contributed by atoms with van der Waals surface area (Å²) in [5.41, 5.74) is 3.99. The van der Waals surface area contributed by atoms with Crippen LogP contribution in [0.5, 0.6) is 0 Å². The van der Waals surface area contributed by atoms with Crippen LogP contribution in [0.3, 0.4) is 0 Å². The van der Waals surface area contributed by atoms with E-state index in [9.17, 15) is 0 Å². The SMILES string of the molecule is C.CCc1c[nH]c2ccc(C)cc12. The van der Waals surface area contributed by atoms with E-state index in [0.29, 0.717) is 0 Å². The fourth-order valence-corrected chi connectivity index (χ4v) is 1.58. The van der Waals surface area contributed by atoms with Crippen molar-refractivity contribution < 1.29 is 0 Å². The summed E-state index contributed by atoms with van der Waals surface area (Å²) in [4.78, 5) is 3.27. The quantitative estimate of drug-likeness (QED) is 0.680. The zero-order valence-electron chi connectivity index (χ0n) is 7.52. The maximum atomic E-state index is 3.27. The molecule has 0 saturated carbocycles. The molecule has 1 N–H and O–H groups in total. The normalized spacial score (nSPS) is 10.0. The molecule has 2 rings (SSSR count). The van der Waals surface area contributed by atoms with Gasteiger partial charge < -0.3 is 4.98 Å². The molecule has 1 heterocycles.